The number of aromatic amines is 1. The van der Waals surface area contributed by atoms with Gasteiger partial charge in [-0.05, 0) is 42.9 Å². The molecule has 0 radical (unpaired) electrons. The fraction of sp³-hybridized carbons (Fsp3) is 0.0714. The number of aryl methyl sites for hydroxylation is 1. The quantitative estimate of drug-likeness (QED) is 0.632. The third kappa shape index (κ3) is 2.03. The molecule has 0 saturated heterocycles. The first-order valence-corrected chi connectivity index (χ1v) is 6.62. The van der Waals surface area contributed by atoms with Gasteiger partial charge < -0.3 is 4.98 Å². The van der Waals surface area contributed by atoms with Crippen LogP contribution < -0.4 is 0 Å². The molecule has 0 bridgehead atoms. The molecule has 102 valence electrons. The Morgan fingerprint density at radius 1 is 1.15 bits per heavy atom. The molecular formula is C14H9ClF2N2S. The minimum Gasteiger partial charge on any atom is -0.330 e. The van der Waals surface area contributed by atoms with Crippen molar-refractivity contribution < 1.29 is 8.78 Å². The van der Waals surface area contributed by atoms with E-state index in [1.165, 1.54) is 22.8 Å². The fourth-order valence-electron chi connectivity index (χ4n) is 2.13. The van der Waals surface area contributed by atoms with E-state index in [1.54, 1.807) is 19.1 Å². The second-order valence-corrected chi connectivity index (χ2v) is 5.30. The van der Waals surface area contributed by atoms with Gasteiger partial charge >= 0.3 is 0 Å². The largest absolute Gasteiger partial charge is 0.330 e. The van der Waals surface area contributed by atoms with Crippen molar-refractivity contribution in [1.82, 2.24) is 9.55 Å². The molecular weight excluding hydrogens is 302 g/mol. The Hall–Kier alpha value is -1.72. The molecule has 3 rings (SSSR count). The van der Waals surface area contributed by atoms with Gasteiger partial charge in [0, 0.05) is 6.07 Å². The second kappa shape index (κ2) is 4.68. The lowest BCUT2D eigenvalue weighted by Gasteiger charge is -2.07. The van der Waals surface area contributed by atoms with Gasteiger partial charge in [0.1, 0.15) is 11.6 Å². The van der Waals surface area contributed by atoms with Crippen molar-refractivity contribution in [3.8, 4) is 5.69 Å². The molecule has 3 aromatic rings. The Labute approximate surface area is 123 Å². The average Bonchev–Trinajstić information content (AvgIpc) is 2.66. The molecule has 0 saturated carbocycles. The summed E-state index contributed by atoms with van der Waals surface area (Å²) in [4.78, 5) is 2.90. The predicted octanol–water partition coefficient (Wildman–Crippen LogP) is 4.93. The summed E-state index contributed by atoms with van der Waals surface area (Å²) in [6.07, 6.45) is 0. The summed E-state index contributed by atoms with van der Waals surface area (Å²) in [5, 5.41) is -0.00900. The number of nitrogens with zero attached hydrogens (tertiary/aromatic N) is 1. The van der Waals surface area contributed by atoms with Gasteiger partial charge in [-0.2, -0.15) is 0 Å². The van der Waals surface area contributed by atoms with E-state index >= 15 is 0 Å². The Balaban J connectivity index is 2.39. The minimum absolute atomic E-state index is 0.00900. The van der Waals surface area contributed by atoms with Crippen molar-refractivity contribution in [2.45, 2.75) is 6.92 Å². The molecule has 0 atom stereocenters. The molecule has 1 aromatic heterocycles. The van der Waals surface area contributed by atoms with E-state index in [-0.39, 0.29) is 15.5 Å². The molecule has 0 aliphatic heterocycles. The number of aromatic nitrogens is 2. The lowest BCUT2D eigenvalue weighted by molar-refractivity contribution is 0.616. The van der Waals surface area contributed by atoms with E-state index in [0.717, 1.165) is 5.56 Å². The highest BCUT2D eigenvalue weighted by molar-refractivity contribution is 7.71. The van der Waals surface area contributed by atoms with Crippen molar-refractivity contribution in [2.75, 3.05) is 0 Å². The van der Waals surface area contributed by atoms with Gasteiger partial charge in [-0.1, -0.05) is 17.7 Å². The third-order valence-electron chi connectivity index (χ3n) is 3.07. The highest BCUT2D eigenvalue weighted by Crippen LogP contribution is 2.26. The van der Waals surface area contributed by atoms with Crippen LogP contribution in [0.25, 0.3) is 16.7 Å². The zero-order valence-corrected chi connectivity index (χ0v) is 11.9. The summed E-state index contributed by atoms with van der Waals surface area (Å²) < 4.78 is 29.5. The molecule has 0 aliphatic rings. The molecule has 6 heteroatoms. The van der Waals surface area contributed by atoms with Crippen LogP contribution in [0.3, 0.4) is 0 Å². The number of nitrogens with one attached hydrogen (secondary N) is 1. The summed E-state index contributed by atoms with van der Waals surface area (Å²) in [6.45, 7) is 1.79. The molecule has 0 amide bonds. The van der Waals surface area contributed by atoms with Crippen molar-refractivity contribution >= 4 is 34.9 Å². The van der Waals surface area contributed by atoms with E-state index < -0.39 is 11.6 Å². The summed E-state index contributed by atoms with van der Waals surface area (Å²) in [5.74, 6) is -0.994. The molecule has 0 unspecified atom stereocenters. The first-order valence-electron chi connectivity index (χ1n) is 5.83. The lowest BCUT2D eigenvalue weighted by atomic mass is 10.2. The molecule has 1 N–H and O–H groups in total. The number of imidazole rings is 1. The zero-order chi connectivity index (χ0) is 14.4. The normalized spacial score (nSPS) is 11.2. The van der Waals surface area contributed by atoms with Gasteiger partial charge in [0.2, 0.25) is 0 Å². The minimum atomic E-state index is -0.575. The maximum atomic E-state index is 14.1. The number of fused-ring (bicyclic) bond motifs is 1. The van der Waals surface area contributed by atoms with E-state index in [9.17, 15) is 8.78 Å². The van der Waals surface area contributed by atoms with E-state index in [4.69, 9.17) is 23.8 Å². The molecule has 2 nitrogen and oxygen atoms in total. The van der Waals surface area contributed by atoms with Gasteiger partial charge in [0.25, 0.3) is 0 Å². The Kier molecular flexibility index (Phi) is 3.11. The van der Waals surface area contributed by atoms with Crippen LogP contribution in [0, 0.1) is 23.3 Å². The van der Waals surface area contributed by atoms with Gasteiger partial charge in [0.15, 0.2) is 4.77 Å². The van der Waals surface area contributed by atoms with Gasteiger partial charge in [-0.15, -0.1) is 0 Å². The molecule has 2 aromatic carbocycles. The standard InChI is InChI=1S/C14H9ClF2N2S/c1-7-2-3-12(10(17)4-7)19-13-6-9(16)8(15)5-11(13)18-14(19)20/h2-6H,1H3,(H,18,20). The number of H-pyrrole nitrogens is 1. The molecule has 0 aliphatic carbocycles. The Morgan fingerprint density at radius 3 is 2.60 bits per heavy atom. The Bertz CT molecular complexity index is 883. The van der Waals surface area contributed by atoms with Gasteiger partial charge in [-0.25, -0.2) is 8.78 Å². The highest BCUT2D eigenvalue weighted by Gasteiger charge is 2.13. The lowest BCUT2D eigenvalue weighted by Crippen LogP contribution is -1.98. The van der Waals surface area contributed by atoms with Crippen LogP contribution in [-0.2, 0) is 0 Å². The summed E-state index contributed by atoms with van der Waals surface area (Å²) in [5.41, 5.74) is 2.07. The maximum Gasteiger partial charge on any atom is 0.182 e. The molecule has 1 heterocycles. The van der Waals surface area contributed by atoms with Crippen LogP contribution in [0.1, 0.15) is 5.56 Å². The average molecular weight is 311 g/mol. The van der Waals surface area contributed by atoms with Crippen molar-refractivity contribution in [3.05, 3.63) is 57.3 Å². The third-order valence-corrected chi connectivity index (χ3v) is 3.64. The summed E-state index contributed by atoms with van der Waals surface area (Å²) in [7, 11) is 0. The van der Waals surface area contributed by atoms with Gasteiger partial charge in [-0.3, -0.25) is 4.57 Å². The first kappa shape index (κ1) is 13.3. The van der Waals surface area contributed by atoms with Crippen molar-refractivity contribution in [2.24, 2.45) is 0 Å². The molecule has 20 heavy (non-hydrogen) atoms. The van der Waals surface area contributed by atoms with Crippen LogP contribution in [0.4, 0.5) is 8.78 Å². The summed E-state index contributed by atoms with van der Waals surface area (Å²) in [6, 6.07) is 7.46. The van der Waals surface area contributed by atoms with Crippen LogP contribution in [0.2, 0.25) is 5.02 Å². The van der Waals surface area contributed by atoms with E-state index in [1.807, 2.05) is 0 Å². The number of hydrogen-bond donors (Lipinski definition) is 1. The van der Waals surface area contributed by atoms with E-state index in [2.05, 4.69) is 4.98 Å². The number of halogens is 3. The predicted molar refractivity (Wildman–Crippen MR) is 78.1 cm³/mol. The van der Waals surface area contributed by atoms with Crippen molar-refractivity contribution in [1.29, 1.82) is 0 Å². The van der Waals surface area contributed by atoms with Crippen LogP contribution >= 0.6 is 23.8 Å². The van der Waals surface area contributed by atoms with Gasteiger partial charge in [0.05, 0.1) is 21.7 Å². The fourth-order valence-corrected chi connectivity index (χ4v) is 2.60. The van der Waals surface area contributed by atoms with E-state index in [0.29, 0.717) is 11.0 Å². The topological polar surface area (TPSA) is 20.7 Å². The monoisotopic (exact) mass is 310 g/mol. The number of benzene rings is 2. The second-order valence-electron chi connectivity index (χ2n) is 4.50. The zero-order valence-electron chi connectivity index (χ0n) is 10.4. The summed E-state index contributed by atoms with van der Waals surface area (Å²) >= 11 is 10.9. The smallest absolute Gasteiger partial charge is 0.182 e. The SMILES string of the molecule is Cc1ccc(-n2c(=S)[nH]c3cc(Cl)c(F)cc32)c(F)c1. The molecule has 0 spiro atoms. The van der Waals surface area contributed by atoms with Crippen LogP contribution in [0.15, 0.2) is 30.3 Å². The number of rotatable bonds is 1. The first-order chi connectivity index (χ1) is 9.47. The Morgan fingerprint density at radius 2 is 1.90 bits per heavy atom. The number of hydrogen-bond acceptors (Lipinski definition) is 1. The molecule has 0 fully saturated rings. The van der Waals surface area contributed by atoms with Crippen LogP contribution in [0.5, 0.6) is 0 Å². The van der Waals surface area contributed by atoms with Crippen molar-refractivity contribution in [3.63, 3.8) is 0 Å². The highest BCUT2D eigenvalue weighted by atomic mass is 35.5. The maximum absolute atomic E-state index is 14.1. The van der Waals surface area contributed by atoms with Crippen LogP contribution in [-0.4, -0.2) is 9.55 Å².